The van der Waals surface area contributed by atoms with Crippen molar-refractivity contribution in [1.29, 1.82) is 0 Å². The van der Waals surface area contributed by atoms with Crippen LogP contribution in [0.2, 0.25) is 0 Å². The Morgan fingerprint density at radius 1 is 1.24 bits per heavy atom. The van der Waals surface area contributed by atoms with Gasteiger partial charge in [0.1, 0.15) is 17.5 Å². The van der Waals surface area contributed by atoms with Crippen molar-refractivity contribution in [3.63, 3.8) is 0 Å². The number of hydrogen-bond acceptors (Lipinski definition) is 5. The van der Waals surface area contributed by atoms with Crippen molar-refractivity contribution in [2.45, 2.75) is 64.9 Å². The molecule has 0 atom stereocenters. The fraction of sp³-hybridized carbons (Fsp3) is 0.750. The van der Waals surface area contributed by atoms with Gasteiger partial charge in [-0.3, -0.25) is 0 Å². The first-order valence-corrected chi connectivity index (χ1v) is 7.92. The highest BCUT2D eigenvalue weighted by atomic mass is 16.3. The van der Waals surface area contributed by atoms with Crippen molar-refractivity contribution >= 4 is 11.6 Å². The molecular weight excluding hydrogens is 264 g/mol. The van der Waals surface area contributed by atoms with Gasteiger partial charge in [0.2, 0.25) is 0 Å². The van der Waals surface area contributed by atoms with Gasteiger partial charge in [-0.15, -0.1) is 0 Å². The third-order valence-corrected chi connectivity index (χ3v) is 4.40. The summed E-state index contributed by atoms with van der Waals surface area (Å²) in [4.78, 5) is 8.67. The van der Waals surface area contributed by atoms with Gasteiger partial charge in [-0.2, -0.15) is 0 Å². The molecule has 1 aliphatic carbocycles. The van der Waals surface area contributed by atoms with Gasteiger partial charge < -0.3 is 16.2 Å². The first kappa shape index (κ1) is 16.0. The van der Waals surface area contributed by atoms with Crippen LogP contribution in [0, 0.1) is 5.41 Å². The zero-order chi connectivity index (χ0) is 15.5. The van der Waals surface area contributed by atoms with E-state index < -0.39 is 5.60 Å². The zero-order valence-electron chi connectivity index (χ0n) is 13.4. The SMILES string of the molecule is CCCc1nc(N)cc(NCC2(O)CCC(C)(C)CC2)n1. The molecule has 2 rings (SSSR count). The number of nitrogens with zero attached hydrogens (tertiary/aromatic N) is 2. The Morgan fingerprint density at radius 2 is 1.90 bits per heavy atom. The normalized spacial score (nSPS) is 20.2. The number of nitrogens with one attached hydrogen (secondary N) is 1. The minimum atomic E-state index is -0.639. The fourth-order valence-corrected chi connectivity index (χ4v) is 2.77. The number of nitrogens with two attached hydrogens (primary N) is 1. The van der Waals surface area contributed by atoms with Crippen LogP contribution < -0.4 is 11.1 Å². The molecule has 5 heteroatoms. The topological polar surface area (TPSA) is 84.1 Å². The molecule has 0 saturated heterocycles. The van der Waals surface area contributed by atoms with Gasteiger partial charge in [0.25, 0.3) is 0 Å². The van der Waals surface area contributed by atoms with Crippen LogP contribution >= 0.6 is 0 Å². The number of aliphatic hydroxyl groups is 1. The summed E-state index contributed by atoms with van der Waals surface area (Å²) in [6.45, 7) is 7.14. The molecule has 4 N–H and O–H groups in total. The average molecular weight is 292 g/mol. The molecule has 21 heavy (non-hydrogen) atoms. The summed E-state index contributed by atoms with van der Waals surface area (Å²) in [6, 6.07) is 1.73. The number of aryl methyl sites for hydroxylation is 1. The van der Waals surface area contributed by atoms with Gasteiger partial charge in [0.15, 0.2) is 0 Å². The van der Waals surface area contributed by atoms with Crippen molar-refractivity contribution in [1.82, 2.24) is 9.97 Å². The van der Waals surface area contributed by atoms with Crippen molar-refractivity contribution in [2.75, 3.05) is 17.6 Å². The summed E-state index contributed by atoms with van der Waals surface area (Å²) >= 11 is 0. The quantitative estimate of drug-likeness (QED) is 0.777. The van der Waals surface area contributed by atoms with Crippen LogP contribution in [0.3, 0.4) is 0 Å². The third kappa shape index (κ3) is 4.56. The van der Waals surface area contributed by atoms with E-state index in [4.69, 9.17) is 5.73 Å². The Bertz CT molecular complexity index is 477. The molecule has 0 bridgehead atoms. The second-order valence-corrected chi connectivity index (χ2v) is 7.09. The monoisotopic (exact) mass is 292 g/mol. The van der Waals surface area contributed by atoms with E-state index in [2.05, 4.69) is 36.1 Å². The minimum Gasteiger partial charge on any atom is -0.388 e. The summed E-state index contributed by atoms with van der Waals surface area (Å²) in [5, 5.41) is 13.9. The molecule has 118 valence electrons. The zero-order valence-corrected chi connectivity index (χ0v) is 13.4. The van der Waals surface area contributed by atoms with Crippen LogP contribution in [0.25, 0.3) is 0 Å². The lowest BCUT2D eigenvalue weighted by Crippen LogP contribution is -2.42. The molecule has 1 aromatic heterocycles. The van der Waals surface area contributed by atoms with Gasteiger partial charge in [-0.25, -0.2) is 9.97 Å². The highest BCUT2D eigenvalue weighted by Gasteiger charge is 2.36. The van der Waals surface area contributed by atoms with Crippen LogP contribution in [0.1, 0.15) is 58.7 Å². The average Bonchev–Trinajstić information content (AvgIpc) is 2.41. The van der Waals surface area contributed by atoms with E-state index in [-0.39, 0.29) is 0 Å². The number of aromatic nitrogens is 2. The summed E-state index contributed by atoms with van der Waals surface area (Å²) in [5.74, 6) is 1.95. The van der Waals surface area contributed by atoms with Crippen LogP contribution in [0.15, 0.2) is 6.07 Å². The van der Waals surface area contributed by atoms with Crippen molar-refractivity contribution in [2.24, 2.45) is 5.41 Å². The van der Waals surface area contributed by atoms with E-state index in [0.717, 1.165) is 44.3 Å². The maximum atomic E-state index is 10.7. The molecule has 0 amide bonds. The second-order valence-electron chi connectivity index (χ2n) is 7.09. The maximum Gasteiger partial charge on any atom is 0.133 e. The van der Waals surface area contributed by atoms with Gasteiger partial charge in [0, 0.05) is 19.0 Å². The van der Waals surface area contributed by atoms with Crippen LogP contribution in [-0.2, 0) is 6.42 Å². The van der Waals surface area contributed by atoms with Crippen LogP contribution in [-0.4, -0.2) is 27.2 Å². The summed E-state index contributed by atoms with van der Waals surface area (Å²) in [6.07, 6.45) is 5.57. The van der Waals surface area contributed by atoms with E-state index in [9.17, 15) is 5.11 Å². The van der Waals surface area contributed by atoms with Crippen LogP contribution in [0.5, 0.6) is 0 Å². The first-order valence-electron chi connectivity index (χ1n) is 7.92. The summed E-state index contributed by atoms with van der Waals surface area (Å²) in [7, 11) is 0. The Kier molecular flexibility index (Phi) is 4.71. The molecule has 0 unspecified atom stereocenters. The van der Waals surface area contributed by atoms with Gasteiger partial charge in [-0.1, -0.05) is 20.8 Å². The number of anilines is 2. The van der Waals surface area contributed by atoms with Gasteiger partial charge >= 0.3 is 0 Å². The molecular formula is C16H28N4O. The molecule has 1 aliphatic rings. The molecule has 0 spiro atoms. The maximum absolute atomic E-state index is 10.7. The standard InChI is InChI=1S/C16H28N4O/c1-4-5-13-19-12(17)10-14(20-13)18-11-16(21)8-6-15(2,3)7-9-16/h10,21H,4-9,11H2,1-3H3,(H3,17,18,19,20). The molecule has 5 nitrogen and oxygen atoms in total. The van der Waals surface area contributed by atoms with Gasteiger partial charge in [0.05, 0.1) is 5.60 Å². The Morgan fingerprint density at radius 3 is 2.52 bits per heavy atom. The van der Waals surface area contributed by atoms with E-state index in [1.54, 1.807) is 6.07 Å². The lowest BCUT2D eigenvalue weighted by molar-refractivity contribution is -0.0145. The van der Waals surface area contributed by atoms with Crippen molar-refractivity contribution < 1.29 is 5.11 Å². The molecule has 1 fully saturated rings. The summed E-state index contributed by atoms with van der Waals surface area (Å²) in [5.41, 5.74) is 5.52. The molecule has 1 saturated carbocycles. The van der Waals surface area contributed by atoms with Crippen molar-refractivity contribution in [3.8, 4) is 0 Å². The third-order valence-electron chi connectivity index (χ3n) is 4.40. The number of rotatable bonds is 5. The first-order chi connectivity index (χ1) is 9.82. The predicted octanol–water partition coefficient (Wildman–Crippen LogP) is 2.75. The minimum absolute atomic E-state index is 0.347. The Hall–Kier alpha value is -1.36. The molecule has 1 aromatic rings. The number of nitrogen functional groups attached to an aromatic ring is 1. The summed E-state index contributed by atoms with van der Waals surface area (Å²) < 4.78 is 0. The molecule has 0 aromatic carbocycles. The molecule has 1 heterocycles. The fourth-order valence-electron chi connectivity index (χ4n) is 2.77. The predicted molar refractivity (Wildman–Crippen MR) is 86.1 cm³/mol. The lowest BCUT2D eigenvalue weighted by atomic mass is 9.71. The molecule has 0 aliphatic heterocycles. The highest BCUT2D eigenvalue weighted by molar-refractivity contribution is 5.44. The van der Waals surface area contributed by atoms with E-state index in [1.165, 1.54) is 0 Å². The highest BCUT2D eigenvalue weighted by Crippen LogP contribution is 2.40. The Labute approximate surface area is 127 Å². The van der Waals surface area contributed by atoms with E-state index >= 15 is 0 Å². The lowest BCUT2D eigenvalue weighted by Gasteiger charge is -2.40. The second kappa shape index (κ2) is 6.18. The Balaban J connectivity index is 1.96. The van der Waals surface area contributed by atoms with Crippen molar-refractivity contribution in [3.05, 3.63) is 11.9 Å². The van der Waals surface area contributed by atoms with E-state index in [0.29, 0.717) is 23.6 Å². The smallest absolute Gasteiger partial charge is 0.133 e. The van der Waals surface area contributed by atoms with Crippen LogP contribution in [0.4, 0.5) is 11.6 Å². The molecule has 0 radical (unpaired) electrons. The van der Waals surface area contributed by atoms with Gasteiger partial charge in [-0.05, 0) is 37.5 Å². The largest absolute Gasteiger partial charge is 0.388 e. The number of hydrogen-bond donors (Lipinski definition) is 3. The van der Waals surface area contributed by atoms with E-state index in [1.807, 2.05) is 0 Å².